The molecule has 0 amide bonds. The summed E-state index contributed by atoms with van der Waals surface area (Å²) in [7, 11) is 0. The average molecular weight is 197 g/mol. The smallest absolute Gasteiger partial charge is 0.157 e. The molecule has 0 unspecified atom stereocenters. The topological polar surface area (TPSA) is 17.1 Å². The van der Waals surface area contributed by atoms with Crippen LogP contribution in [0.3, 0.4) is 0 Å². The maximum atomic E-state index is 10.8. The number of thioether (sulfide) groups is 1. The lowest BCUT2D eigenvalue weighted by Crippen LogP contribution is -1.97. The second-order valence-electron chi connectivity index (χ2n) is 2.20. The standard InChI is InChI=1S/C9H9OS2/c10-8(6-11)7-12-9-4-2-1-3-5-9/h1-6,11H,7H2. The van der Waals surface area contributed by atoms with Gasteiger partial charge in [-0.05, 0) is 12.1 Å². The number of benzene rings is 1. The molecule has 1 radical (unpaired) electrons. The van der Waals surface area contributed by atoms with E-state index in [4.69, 9.17) is 0 Å². The Labute approximate surface area is 82.0 Å². The normalized spacial score (nSPS) is 9.75. The Morgan fingerprint density at radius 1 is 1.42 bits per heavy atom. The summed E-state index contributed by atoms with van der Waals surface area (Å²) in [6, 6.07) is 9.83. The van der Waals surface area contributed by atoms with Gasteiger partial charge in [-0.25, -0.2) is 0 Å². The van der Waals surface area contributed by atoms with Gasteiger partial charge in [-0.1, -0.05) is 18.2 Å². The van der Waals surface area contributed by atoms with Crippen LogP contribution in [0, 0.1) is 5.75 Å². The summed E-state index contributed by atoms with van der Waals surface area (Å²) in [4.78, 5) is 11.9. The van der Waals surface area contributed by atoms with Crippen molar-refractivity contribution >= 4 is 30.2 Å². The Morgan fingerprint density at radius 3 is 2.67 bits per heavy atom. The van der Waals surface area contributed by atoms with E-state index >= 15 is 0 Å². The number of ketones is 1. The molecule has 1 rings (SSSR count). The van der Waals surface area contributed by atoms with Crippen molar-refractivity contribution in [2.75, 3.05) is 5.75 Å². The number of Topliss-reactive ketones (excluding diaryl/α,β-unsaturated/α-hetero) is 1. The van der Waals surface area contributed by atoms with Gasteiger partial charge in [0.15, 0.2) is 5.78 Å². The van der Waals surface area contributed by atoms with Gasteiger partial charge < -0.3 is 0 Å². The van der Waals surface area contributed by atoms with Crippen LogP contribution >= 0.6 is 24.4 Å². The highest BCUT2D eigenvalue weighted by molar-refractivity contribution is 8.00. The van der Waals surface area contributed by atoms with Gasteiger partial charge in [0.05, 0.1) is 11.5 Å². The first-order valence-electron chi connectivity index (χ1n) is 3.51. The Kier molecular flexibility index (Phi) is 4.25. The first-order valence-corrected chi connectivity index (χ1v) is 5.01. The summed E-state index contributed by atoms with van der Waals surface area (Å²) in [5.74, 6) is 1.82. The second-order valence-corrected chi connectivity index (χ2v) is 3.50. The molecule has 0 fully saturated rings. The van der Waals surface area contributed by atoms with Crippen LogP contribution in [0.5, 0.6) is 0 Å². The number of hydrogen-bond donors (Lipinski definition) is 1. The maximum absolute atomic E-state index is 10.8. The predicted octanol–water partition coefficient (Wildman–Crippen LogP) is 2.44. The fourth-order valence-electron chi connectivity index (χ4n) is 0.708. The first kappa shape index (κ1) is 9.68. The van der Waals surface area contributed by atoms with E-state index in [0.717, 1.165) is 4.90 Å². The van der Waals surface area contributed by atoms with Crippen molar-refractivity contribution in [1.29, 1.82) is 0 Å². The van der Waals surface area contributed by atoms with E-state index in [2.05, 4.69) is 12.6 Å². The zero-order chi connectivity index (χ0) is 8.81. The molecule has 12 heavy (non-hydrogen) atoms. The van der Waals surface area contributed by atoms with Crippen LogP contribution in [0.15, 0.2) is 35.2 Å². The van der Waals surface area contributed by atoms with Crippen molar-refractivity contribution in [3.8, 4) is 0 Å². The molecule has 0 saturated heterocycles. The monoisotopic (exact) mass is 197 g/mol. The van der Waals surface area contributed by atoms with Crippen LogP contribution in [0.1, 0.15) is 0 Å². The Balaban J connectivity index is 2.38. The largest absolute Gasteiger partial charge is 0.297 e. The zero-order valence-electron chi connectivity index (χ0n) is 6.43. The fraction of sp³-hybridized carbons (Fsp3) is 0.111. The van der Waals surface area contributed by atoms with Crippen molar-refractivity contribution in [1.82, 2.24) is 0 Å². The molecule has 0 saturated carbocycles. The van der Waals surface area contributed by atoms with Gasteiger partial charge in [-0.3, -0.25) is 4.79 Å². The minimum Gasteiger partial charge on any atom is -0.297 e. The molecule has 0 heterocycles. The van der Waals surface area contributed by atoms with Gasteiger partial charge in [0.25, 0.3) is 0 Å². The van der Waals surface area contributed by atoms with Gasteiger partial charge in [0.2, 0.25) is 0 Å². The van der Waals surface area contributed by atoms with Crippen molar-refractivity contribution in [2.24, 2.45) is 0 Å². The fourth-order valence-corrected chi connectivity index (χ4v) is 1.67. The number of carbonyl (C=O) groups excluding carboxylic acids is 1. The van der Waals surface area contributed by atoms with Crippen LogP contribution in [0.2, 0.25) is 0 Å². The summed E-state index contributed by atoms with van der Waals surface area (Å²) >= 11 is 5.30. The molecule has 0 atom stereocenters. The van der Waals surface area contributed by atoms with E-state index in [0.29, 0.717) is 5.75 Å². The van der Waals surface area contributed by atoms with E-state index in [1.54, 1.807) is 0 Å². The van der Waals surface area contributed by atoms with Crippen LogP contribution < -0.4 is 0 Å². The molecule has 0 aromatic heterocycles. The molecule has 0 bridgehead atoms. The van der Waals surface area contributed by atoms with E-state index in [9.17, 15) is 4.79 Å². The zero-order valence-corrected chi connectivity index (χ0v) is 8.15. The number of rotatable bonds is 4. The molecule has 1 aromatic carbocycles. The SMILES string of the molecule is O=C([CH]S)CSc1ccccc1. The quantitative estimate of drug-likeness (QED) is 0.590. The van der Waals surface area contributed by atoms with E-state index in [1.807, 2.05) is 30.3 Å². The Bertz CT molecular complexity index is 246. The molecule has 0 spiro atoms. The molecule has 63 valence electrons. The average Bonchev–Trinajstić information content (AvgIpc) is 2.16. The predicted molar refractivity (Wildman–Crippen MR) is 55.5 cm³/mol. The van der Waals surface area contributed by atoms with Gasteiger partial charge in [-0.15, -0.1) is 11.8 Å². The van der Waals surface area contributed by atoms with Crippen molar-refractivity contribution < 1.29 is 4.79 Å². The lowest BCUT2D eigenvalue weighted by Gasteiger charge is -1.97. The highest BCUT2D eigenvalue weighted by atomic mass is 32.2. The summed E-state index contributed by atoms with van der Waals surface area (Å²) in [5.41, 5.74) is 0. The molecule has 0 aliphatic carbocycles. The highest BCUT2D eigenvalue weighted by Gasteiger charge is 1.99. The number of hydrogen-bond acceptors (Lipinski definition) is 3. The summed E-state index contributed by atoms with van der Waals surface area (Å²) < 4.78 is 0. The van der Waals surface area contributed by atoms with Gasteiger partial charge in [-0.2, -0.15) is 12.6 Å². The highest BCUT2D eigenvalue weighted by Crippen LogP contribution is 2.17. The molecule has 0 N–H and O–H groups in total. The maximum Gasteiger partial charge on any atom is 0.157 e. The third-order valence-electron chi connectivity index (χ3n) is 1.27. The van der Waals surface area contributed by atoms with Crippen molar-refractivity contribution in [2.45, 2.75) is 4.90 Å². The molecular formula is C9H9OS2. The minimum atomic E-state index is 0.0483. The number of thiol groups is 1. The molecule has 3 heteroatoms. The first-order chi connectivity index (χ1) is 5.83. The molecule has 1 aromatic rings. The van der Waals surface area contributed by atoms with Crippen LogP contribution in [0.25, 0.3) is 0 Å². The summed E-state index contributed by atoms with van der Waals surface area (Å²) in [5, 5.41) is 0. The second kappa shape index (κ2) is 5.27. The van der Waals surface area contributed by atoms with Crippen LogP contribution in [0.4, 0.5) is 0 Å². The summed E-state index contributed by atoms with van der Waals surface area (Å²) in [6.45, 7) is 0. The molecule has 0 aliphatic rings. The lowest BCUT2D eigenvalue weighted by atomic mass is 10.4. The van der Waals surface area contributed by atoms with E-state index in [1.165, 1.54) is 17.5 Å². The lowest BCUT2D eigenvalue weighted by molar-refractivity contribution is -0.112. The Morgan fingerprint density at radius 2 is 2.08 bits per heavy atom. The van der Waals surface area contributed by atoms with E-state index < -0.39 is 0 Å². The van der Waals surface area contributed by atoms with Gasteiger partial charge in [0.1, 0.15) is 0 Å². The van der Waals surface area contributed by atoms with Crippen LogP contribution in [-0.2, 0) is 4.79 Å². The molecule has 1 nitrogen and oxygen atoms in total. The van der Waals surface area contributed by atoms with Crippen molar-refractivity contribution in [3.05, 3.63) is 36.1 Å². The third-order valence-corrected chi connectivity index (χ3v) is 2.59. The van der Waals surface area contributed by atoms with Crippen LogP contribution in [-0.4, -0.2) is 11.5 Å². The summed E-state index contributed by atoms with van der Waals surface area (Å²) in [6.07, 6.45) is 0. The molecular weight excluding hydrogens is 188 g/mol. The van der Waals surface area contributed by atoms with Gasteiger partial charge >= 0.3 is 0 Å². The third kappa shape index (κ3) is 3.32. The number of carbonyl (C=O) groups is 1. The minimum absolute atomic E-state index is 0.0483. The van der Waals surface area contributed by atoms with Crippen molar-refractivity contribution in [3.63, 3.8) is 0 Å². The van der Waals surface area contributed by atoms with Gasteiger partial charge in [0, 0.05) is 4.90 Å². The Hall–Kier alpha value is -0.410. The van der Waals surface area contributed by atoms with E-state index in [-0.39, 0.29) is 5.78 Å². The molecule has 0 aliphatic heterocycles.